The van der Waals surface area contributed by atoms with Gasteiger partial charge in [-0.05, 0) is 66.3 Å². The fourth-order valence-corrected chi connectivity index (χ4v) is 4.81. The van der Waals surface area contributed by atoms with E-state index in [-0.39, 0.29) is 0 Å². The number of benzene rings is 2. The third-order valence-electron chi connectivity index (χ3n) is 6.57. The van der Waals surface area contributed by atoms with Crippen LogP contribution in [0, 0.1) is 5.92 Å². The molecule has 2 aromatic rings. The standard InChI is InChI=1S/C28H40O/c1-3-5-6-7-8-9-21-29-28-19-17-25(18-20-28)24-13-15-26(16-14-24)27-12-11-23(22-27)10-4-2/h13-20,23,27H,3-12,21-22H2,1-2H3. The van der Waals surface area contributed by atoms with Gasteiger partial charge < -0.3 is 4.74 Å². The lowest BCUT2D eigenvalue weighted by Gasteiger charge is -2.12. The third-order valence-corrected chi connectivity index (χ3v) is 6.57. The molecule has 0 aromatic heterocycles. The molecule has 2 aromatic carbocycles. The number of ether oxygens (including phenoxy) is 1. The van der Waals surface area contributed by atoms with Crippen LogP contribution in [0.5, 0.6) is 5.75 Å². The fraction of sp³-hybridized carbons (Fsp3) is 0.571. The number of hydrogen-bond acceptors (Lipinski definition) is 1. The predicted molar refractivity (Wildman–Crippen MR) is 126 cm³/mol. The van der Waals surface area contributed by atoms with Crippen molar-refractivity contribution in [1.29, 1.82) is 0 Å². The molecule has 0 N–H and O–H groups in total. The zero-order valence-electron chi connectivity index (χ0n) is 18.7. The van der Waals surface area contributed by atoms with Crippen molar-refractivity contribution in [3.05, 3.63) is 54.1 Å². The first-order valence-electron chi connectivity index (χ1n) is 12.1. The van der Waals surface area contributed by atoms with Gasteiger partial charge >= 0.3 is 0 Å². The number of rotatable bonds is 12. The maximum absolute atomic E-state index is 5.92. The van der Waals surface area contributed by atoms with Crippen LogP contribution in [-0.2, 0) is 0 Å². The summed E-state index contributed by atoms with van der Waals surface area (Å²) in [5.74, 6) is 2.72. The van der Waals surface area contributed by atoms with E-state index in [1.165, 1.54) is 80.9 Å². The lowest BCUT2D eigenvalue weighted by molar-refractivity contribution is 0.304. The van der Waals surface area contributed by atoms with E-state index in [0.717, 1.165) is 30.6 Å². The topological polar surface area (TPSA) is 9.23 Å². The molecule has 1 nitrogen and oxygen atoms in total. The quantitative estimate of drug-likeness (QED) is 0.328. The molecule has 2 unspecified atom stereocenters. The highest BCUT2D eigenvalue weighted by Crippen LogP contribution is 2.40. The van der Waals surface area contributed by atoms with Crippen LogP contribution in [0.1, 0.15) is 96.0 Å². The summed E-state index contributed by atoms with van der Waals surface area (Å²) in [6, 6.07) is 17.9. The van der Waals surface area contributed by atoms with E-state index in [2.05, 4.69) is 62.4 Å². The molecule has 0 bridgehead atoms. The van der Waals surface area contributed by atoms with Gasteiger partial charge in [-0.25, -0.2) is 0 Å². The zero-order chi connectivity index (χ0) is 20.3. The van der Waals surface area contributed by atoms with E-state index < -0.39 is 0 Å². The molecule has 1 fully saturated rings. The van der Waals surface area contributed by atoms with Gasteiger partial charge in [-0.1, -0.05) is 95.2 Å². The molecular formula is C28H40O. The highest BCUT2D eigenvalue weighted by atomic mass is 16.5. The summed E-state index contributed by atoms with van der Waals surface area (Å²) in [5.41, 5.74) is 4.12. The van der Waals surface area contributed by atoms with Crippen molar-refractivity contribution < 1.29 is 4.74 Å². The monoisotopic (exact) mass is 392 g/mol. The second kappa shape index (κ2) is 12.1. The summed E-state index contributed by atoms with van der Waals surface area (Å²) in [5, 5.41) is 0. The van der Waals surface area contributed by atoms with Crippen molar-refractivity contribution in [3.8, 4) is 16.9 Å². The molecule has 1 aliphatic rings. The largest absolute Gasteiger partial charge is 0.494 e. The molecule has 1 aliphatic carbocycles. The first-order valence-corrected chi connectivity index (χ1v) is 12.1. The van der Waals surface area contributed by atoms with Gasteiger partial charge in [0.05, 0.1) is 6.61 Å². The average Bonchev–Trinajstić information content (AvgIpc) is 3.23. The van der Waals surface area contributed by atoms with E-state index in [0.29, 0.717) is 0 Å². The van der Waals surface area contributed by atoms with Gasteiger partial charge in [0.2, 0.25) is 0 Å². The first kappa shape index (κ1) is 21.9. The SMILES string of the molecule is CCCCCCCCOc1ccc(-c2ccc(C3CCC(CCC)C3)cc2)cc1. The Kier molecular flexibility index (Phi) is 9.12. The van der Waals surface area contributed by atoms with Crippen LogP contribution >= 0.6 is 0 Å². The van der Waals surface area contributed by atoms with Crippen molar-refractivity contribution in [1.82, 2.24) is 0 Å². The van der Waals surface area contributed by atoms with E-state index >= 15 is 0 Å². The van der Waals surface area contributed by atoms with Crippen LogP contribution in [-0.4, -0.2) is 6.61 Å². The lowest BCUT2D eigenvalue weighted by Crippen LogP contribution is -1.97. The summed E-state index contributed by atoms with van der Waals surface area (Å²) < 4.78 is 5.92. The van der Waals surface area contributed by atoms with Crippen LogP contribution < -0.4 is 4.74 Å². The van der Waals surface area contributed by atoms with Crippen LogP contribution in [0.4, 0.5) is 0 Å². The Morgan fingerprint density at radius 3 is 2.07 bits per heavy atom. The molecule has 0 saturated heterocycles. The molecule has 0 heterocycles. The Balaban J connectivity index is 1.45. The zero-order valence-corrected chi connectivity index (χ0v) is 18.7. The van der Waals surface area contributed by atoms with Gasteiger partial charge in [-0.2, -0.15) is 0 Å². The molecule has 2 atom stereocenters. The van der Waals surface area contributed by atoms with Gasteiger partial charge in [-0.3, -0.25) is 0 Å². The van der Waals surface area contributed by atoms with Crippen molar-refractivity contribution in [2.75, 3.05) is 6.61 Å². The van der Waals surface area contributed by atoms with Crippen molar-refractivity contribution in [2.45, 2.75) is 90.4 Å². The van der Waals surface area contributed by atoms with Crippen molar-refractivity contribution in [3.63, 3.8) is 0 Å². The Morgan fingerprint density at radius 2 is 1.38 bits per heavy atom. The molecule has 3 rings (SSSR count). The summed E-state index contributed by atoms with van der Waals surface area (Å²) >= 11 is 0. The average molecular weight is 393 g/mol. The second-order valence-electron chi connectivity index (χ2n) is 8.93. The minimum Gasteiger partial charge on any atom is -0.494 e. The van der Waals surface area contributed by atoms with Crippen LogP contribution in [0.25, 0.3) is 11.1 Å². The highest BCUT2D eigenvalue weighted by Gasteiger charge is 2.24. The van der Waals surface area contributed by atoms with Gasteiger partial charge in [0.1, 0.15) is 5.75 Å². The van der Waals surface area contributed by atoms with Crippen LogP contribution in [0.2, 0.25) is 0 Å². The van der Waals surface area contributed by atoms with Crippen molar-refractivity contribution in [2.24, 2.45) is 5.92 Å². The Morgan fingerprint density at radius 1 is 0.724 bits per heavy atom. The smallest absolute Gasteiger partial charge is 0.119 e. The molecule has 0 amide bonds. The minimum absolute atomic E-state index is 0.776. The summed E-state index contributed by atoms with van der Waals surface area (Å²) in [6.45, 7) is 5.41. The van der Waals surface area contributed by atoms with Gasteiger partial charge in [-0.15, -0.1) is 0 Å². The summed E-state index contributed by atoms with van der Waals surface area (Å²) in [7, 11) is 0. The van der Waals surface area contributed by atoms with E-state index in [9.17, 15) is 0 Å². The molecule has 0 radical (unpaired) electrons. The highest BCUT2D eigenvalue weighted by molar-refractivity contribution is 5.64. The minimum atomic E-state index is 0.776. The van der Waals surface area contributed by atoms with Gasteiger partial charge in [0.15, 0.2) is 0 Å². The Hall–Kier alpha value is -1.76. The molecule has 158 valence electrons. The van der Waals surface area contributed by atoms with E-state index in [1.54, 1.807) is 0 Å². The maximum atomic E-state index is 5.92. The molecule has 1 heteroatoms. The fourth-order valence-electron chi connectivity index (χ4n) is 4.81. The summed E-state index contributed by atoms with van der Waals surface area (Å²) in [4.78, 5) is 0. The first-order chi connectivity index (χ1) is 14.3. The molecular weight excluding hydrogens is 352 g/mol. The predicted octanol–water partition coefficient (Wildman–Crippen LogP) is 8.78. The molecule has 1 saturated carbocycles. The molecule has 0 aliphatic heterocycles. The number of hydrogen-bond donors (Lipinski definition) is 0. The Labute approximate surface area is 178 Å². The van der Waals surface area contributed by atoms with Gasteiger partial charge in [0, 0.05) is 0 Å². The lowest BCUT2D eigenvalue weighted by atomic mass is 9.93. The number of unbranched alkanes of at least 4 members (excludes halogenated alkanes) is 5. The van der Waals surface area contributed by atoms with Crippen LogP contribution in [0.3, 0.4) is 0 Å². The Bertz CT molecular complexity index is 685. The maximum Gasteiger partial charge on any atom is 0.119 e. The second-order valence-corrected chi connectivity index (χ2v) is 8.93. The van der Waals surface area contributed by atoms with E-state index in [1.807, 2.05) is 0 Å². The van der Waals surface area contributed by atoms with Crippen LogP contribution in [0.15, 0.2) is 48.5 Å². The molecule has 0 spiro atoms. The van der Waals surface area contributed by atoms with Gasteiger partial charge in [0.25, 0.3) is 0 Å². The molecule has 29 heavy (non-hydrogen) atoms. The van der Waals surface area contributed by atoms with E-state index in [4.69, 9.17) is 4.74 Å². The third kappa shape index (κ3) is 6.91. The summed E-state index contributed by atoms with van der Waals surface area (Å²) in [6.07, 6.45) is 14.7. The van der Waals surface area contributed by atoms with Crippen molar-refractivity contribution >= 4 is 0 Å². The normalized spacial score (nSPS) is 18.8.